The van der Waals surface area contributed by atoms with Crippen molar-refractivity contribution in [3.05, 3.63) is 28.7 Å². The molecule has 0 bridgehead atoms. The van der Waals surface area contributed by atoms with Gasteiger partial charge in [-0.1, -0.05) is 12.1 Å². The summed E-state index contributed by atoms with van der Waals surface area (Å²) in [7, 11) is 0. The Morgan fingerprint density at radius 1 is 1.33 bits per heavy atom. The minimum Gasteiger partial charge on any atom is -0.466 e. The molecule has 2 nitrogen and oxygen atoms in total. The van der Waals surface area contributed by atoms with E-state index in [-0.39, 0.29) is 0 Å². The molecule has 1 rings (SSSR count). The highest BCUT2D eigenvalue weighted by Crippen LogP contribution is 2.23. The van der Waals surface area contributed by atoms with Crippen LogP contribution in [-0.4, -0.2) is 13.4 Å². The topological polar surface area (TPSA) is 18.5 Å². The molecule has 0 saturated carbocycles. The summed E-state index contributed by atoms with van der Waals surface area (Å²) >= 11 is 3.37. The van der Waals surface area contributed by atoms with Crippen LogP contribution in [0, 0.1) is 0 Å². The van der Waals surface area contributed by atoms with Crippen LogP contribution in [0.2, 0.25) is 0 Å². The van der Waals surface area contributed by atoms with E-state index in [4.69, 9.17) is 9.47 Å². The SMILES string of the molecule is CCOCOc1ccccc1Br. The van der Waals surface area contributed by atoms with Crippen LogP contribution in [-0.2, 0) is 4.74 Å². The van der Waals surface area contributed by atoms with Crippen molar-refractivity contribution in [2.45, 2.75) is 6.92 Å². The molecule has 66 valence electrons. The lowest BCUT2D eigenvalue weighted by Gasteiger charge is -2.06. The molecule has 0 fully saturated rings. The van der Waals surface area contributed by atoms with Crippen LogP contribution in [0.4, 0.5) is 0 Å². The van der Waals surface area contributed by atoms with Crippen LogP contribution in [0.25, 0.3) is 0 Å². The first kappa shape index (κ1) is 9.55. The highest BCUT2D eigenvalue weighted by atomic mass is 79.9. The van der Waals surface area contributed by atoms with Gasteiger partial charge in [-0.05, 0) is 35.0 Å². The summed E-state index contributed by atoms with van der Waals surface area (Å²) in [5.74, 6) is 0.811. The second-order valence-electron chi connectivity index (χ2n) is 2.19. The van der Waals surface area contributed by atoms with Gasteiger partial charge in [-0.15, -0.1) is 0 Å². The number of para-hydroxylation sites is 1. The third-order valence-electron chi connectivity index (χ3n) is 1.34. The molecule has 0 aromatic heterocycles. The molecule has 1 aromatic carbocycles. The second-order valence-corrected chi connectivity index (χ2v) is 3.04. The number of ether oxygens (including phenoxy) is 2. The fourth-order valence-electron chi connectivity index (χ4n) is 0.750. The Morgan fingerprint density at radius 2 is 2.08 bits per heavy atom. The van der Waals surface area contributed by atoms with Gasteiger partial charge in [0.05, 0.1) is 4.47 Å². The molecule has 0 spiro atoms. The molecule has 0 aliphatic heterocycles. The zero-order chi connectivity index (χ0) is 8.81. The molecule has 0 amide bonds. The van der Waals surface area contributed by atoms with Gasteiger partial charge in [0.25, 0.3) is 0 Å². The molecular formula is C9H11BrO2. The third kappa shape index (κ3) is 2.83. The van der Waals surface area contributed by atoms with Gasteiger partial charge in [-0.2, -0.15) is 0 Å². The summed E-state index contributed by atoms with van der Waals surface area (Å²) in [4.78, 5) is 0. The van der Waals surface area contributed by atoms with E-state index in [2.05, 4.69) is 15.9 Å². The number of hydrogen-bond donors (Lipinski definition) is 0. The standard InChI is InChI=1S/C9H11BrO2/c1-2-11-7-12-9-6-4-3-5-8(9)10/h3-6H,2,7H2,1H3. The molecule has 0 aliphatic carbocycles. The first-order valence-electron chi connectivity index (χ1n) is 3.79. The maximum absolute atomic E-state index is 5.31. The zero-order valence-electron chi connectivity index (χ0n) is 6.92. The van der Waals surface area contributed by atoms with Gasteiger partial charge < -0.3 is 9.47 Å². The van der Waals surface area contributed by atoms with Crippen LogP contribution in [0.1, 0.15) is 6.92 Å². The van der Waals surface area contributed by atoms with Gasteiger partial charge in [0.2, 0.25) is 0 Å². The average Bonchev–Trinajstić information content (AvgIpc) is 2.09. The van der Waals surface area contributed by atoms with Crippen molar-refractivity contribution in [2.24, 2.45) is 0 Å². The van der Waals surface area contributed by atoms with Gasteiger partial charge in [0.15, 0.2) is 6.79 Å². The molecular weight excluding hydrogens is 220 g/mol. The Bertz CT molecular complexity index is 238. The minimum atomic E-state index is 0.305. The minimum absolute atomic E-state index is 0.305. The third-order valence-corrected chi connectivity index (χ3v) is 1.99. The maximum Gasteiger partial charge on any atom is 0.189 e. The fourth-order valence-corrected chi connectivity index (χ4v) is 1.15. The molecule has 0 atom stereocenters. The van der Waals surface area contributed by atoms with E-state index in [0.29, 0.717) is 13.4 Å². The van der Waals surface area contributed by atoms with Crippen LogP contribution in [0.15, 0.2) is 28.7 Å². The Balaban J connectivity index is 2.46. The lowest BCUT2D eigenvalue weighted by atomic mass is 10.3. The van der Waals surface area contributed by atoms with Crippen molar-refractivity contribution in [3.63, 3.8) is 0 Å². The largest absolute Gasteiger partial charge is 0.466 e. The first-order chi connectivity index (χ1) is 5.84. The number of halogens is 1. The summed E-state index contributed by atoms with van der Waals surface area (Å²) in [5.41, 5.74) is 0. The molecule has 0 N–H and O–H groups in total. The van der Waals surface area contributed by atoms with E-state index in [1.54, 1.807) is 0 Å². The van der Waals surface area contributed by atoms with E-state index in [9.17, 15) is 0 Å². The van der Waals surface area contributed by atoms with Crippen molar-refractivity contribution in [1.82, 2.24) is 0 Å². The van der Waals surface area contributed by atoms with Crippen molar-refractivity contribution in [2.75, 3.05) is 13.4 Å². The van der Waals surface area contributed by atoms with E-state index < -0.39 is 0 Å². The van der Waals surface area contributed by atoms with Gasteiger partial charge in [-0.3, -0.25) is 0 Å². The Kier molecular flexibility index (Phi) is 4.11. The van der Waals surface area contributed by atoms with Crippen LogP contribution >= 0.6 is 15.9 Å². The summed E-state index contributed by atoms with van der Waals surface area (Å²) in [6.07, 6.45) is 0. The Morgan fingerprint density at radius 3 is 2.75 bits per heavy atom. The average molecular weight is 231 g/mol. The number of hydrogen-bond acceptors (Lipinski definition) is 2. The van der Waals surface area contributed by atoms with Crippen molar-refractivity contribution >= 4 is 15.9 Å². The van der Waals surface area contributed by atoms with Crippen LogP contribution < -0.4 is 4.74 Å². The molecule has 0 aliphatic rings. The maximum atomic E-state index is 5.31. The van der Waals surface area contributed by atoms with E-state index in [1.165, 1.54) is 0 Å². The van der Waals surface area contributed by atoms with Crippen LogP contribution in [0.3, 0.4) is 0 Å². The zero-order valence-corrected chi connectivity index (χ0v) is 8.50. The Hall–Kier alpha value is -0.540. The molecule has 3 heteroatoms. The van der Waals surface area contributed by atoms with Gasteiger partial charge >= 0.3 is 0 Å². The van der Waals surface area contributed by atoms with Gasteiger partial charge in [-0.25, -0.2) is 0 Å². The van der Waals surface area contributed by atoms with Crippen molar-refractivity contribution in [3.8, 4) is 5.75 Å². The Labute approximate surface area is 80.6 Å². The molecule has 0 radical (unpaired) electrons. The smallest absolute Gasteiger partial charge is 0.189 e. The second kappa shape index (κ2) is 5.17. The highest BCUT2D eigenvalue weighted by Gasteiger charge is 1.97. The molecule has 0 heterocycles. The van der Waals surface area contributed by atoms with Crippen molar-refractivity contribution in [1.29, 1.82) is 0 Å². The van der Waals surface area contributed by atoms with E-state index >= 15 is 0 Å². The monoisotopic (exact) mass is 230 g/mol. The van der Waals surface area contributed by atoms with Crippen LogP contribution in [0.5, 0.6) is 5.75 Å². The predicted molar refractivity (Wildman–Crippen MR) is 51.3 cm³/mol. The summed E-state index contributed by atoms with van der Waals surface area (Å²) in [6.45, 7) is 2.91. The first-order valence-corrected chi connectivity index (χ1v) is 4.59. The fraction of sp³-hybridized carbons (Fsp3) is 0.333. The number of benzene rings is 1. The van der Waals surface area contributed by atoms with Gasteiger partial charge in [0, 0.05) is 6.61 Å². The van der Waals surface area contributed by atoms with E-state index in [1.807, 2.05) is 31.2 Å². The number of rotatable bonds is 4. The van der Waals surface area contributed by atoms with Crippen molar-refractivity contribution < 1.29 is 9.47 Å². The predicted octanol–water partition coefficient (Wildman–Crippen LogP) is 2.82. The summed E-state index contributed by atoms with van der Waals surface area (Å²) in [5, 5.41) is 0. The quantitative estimate of drug-likeness (QED) is 0.586. The lowest BCUT2D eigenvalue weighted by Crippen LogP contribution is -2.02. The molecule has 0 saturated heterocycles. The lowest BCUT2D eigenvalue weighted by molar-refractivity contribution is 0.0219. The highest BCUT2D eigenvalue weighted by molar-refractivity contribution is 9.10. The molecule has 0 unspecified atom stereocenters. The molecule has 12 heavy (non-hydrogen) atoms. The summed E-state index contributed by atoms with van der Waals surface area (Å²) in [6, 6.07) is 7.69. The van der Waals surface area contributed by atoms with E-state index in [0.717, 1.165) is 10.2 Å². The van der Waals surface area contributed by atoms with Gasteiger partial charge in [0.1, 0.15) is 5.75 Å². The summed E-state index contributed by atoms with van der Waals surface area (Å²) < 4.78 is 11.3. The normalized spacial score (nSPS) is 9.83. The molecule has 1 aromatic rings.